The number of rotatable bonds is 3. The van der Waals surface area contributed by atoms with Crippen molar-refractivity contribution in [3.05, 3.63) is 71.7 Å². The van der Waals surface area contributed by atoms with Crippen LogP contribution in [0.2, 0.25) is 0 Å². The zero-order chi connectivity index (χ0) is 18.2. The van der Waals surface area contributed by atoms with Crippen LogP contribution in [-0.2, 0) is 24.2 Å². The molecule has 1 amide bonds. The Bertz CT molecular complexity index is 1100. The molecule has 0 unspecified atom stereocenters. The first-order chi connectivity index (χ1) is 13.3. The maximum Gasteiger partial charge on any atom is 0.227 e. The van der Waals surface area contributed by atoms with Gasteiger partial charge in [0, 0.05) is 41.7 Å². The summed E-state index contributed by atoms with van der Waals surface area (Å²) >= 11 is 0. The normalized spacial score (nSPS) is 13.7. The number of tetrazole rings is 1. The molecular weight excluding hydrogens is 340 g/mol. The van der Waals surface area contributed by atoms with Crippen molar-refractivity contribution in [1.29, 1.82) is 0 Å². The van der Waals surface area contributed by atoms with Crippen molar-refractivity contribution in [2.45, 2.75) is 19.4 Å². The Morgan fingerprint density at radius 2 is 1.96 bits per heavy atom. The highest BCUT2D eigenvalue weighted by Gasteiger charge is 2.23. The van der Waals surface area contributed by atoms with Gasteiger partial charge >= 0.3 is 0 Å². The first kappa shape index (κ1) is 15.7. The van der Waals surface area contributed by atoms with Crippen LogP contribution >= 0.6 is 0 Å². The van der Waals surface area contributed by atoms with Crippen LogP contribution in [0.15, 0.2) is 54.9 Å². The Kier molecular flexibility index (Phi) is 3.71. The minimum Gasteiger partial charge on any atom is -0.358 e. The highest BCUT2D eigenvalue weighted by atomic mass is 16.2. The summed E-state index contributed by atoms with van der Waals surface area (Å²) in [5.41, 5.74) is 5.51. The van der Waals surface area contributed by atoms with E-state index < -0.39 is 0 Å². The van der Waals surface area contributed by atoms with E-state index in [1.165, 1.54) is 16.6 Å². The third kappa shape index (κ3) is 2.87. The molecule has 0 saturated heterocycles. The molecule has 134 valence electrons. The molecule has 27 heavy (non-hydrogen) atoms. The lowest BCUT2D eigenvalue weighted by Gasteiger charge is -2.27. The molecule has 0 bridgehead atoms. The lowest BCUT2D eigenvalue weighted by Crippen LogP contribution is -2.36. The average molecular weight is 358 g/mol. The molecule has 2 aromatic heterocycles. The first-order valence-corrected chi connectivity index (χ1v) is 8.96. The van der Waals surface area contributed by atoms with E-state index in [-0.39, 0.29) is 5.91 Å². The standard InChI is InChI=1S/C20H18N6O/c27-20(11-14-5-7-15(8-6-14)26-13-21-23-24-26)25-10-9-19-17(12-25)16-3-1-2-4-18(16)22-19/h1-8,13,22H,9-12H2. The van der Waals surface area contributed by atoms with Gasteiger partial charge < -0.3 is 9.88 Å². The molecule has 0 spiro atoms. The fraction of sp³-hybridized carbons (Fsp3) is 0.200. The number of para-hydroxylation sites is 1. The fourth-order valence-electron chi connectivity index (χ4n) is 3.71. The molecule has 5 rings (SSSR count). The van der Waals surface area contributed by atoms with Crippen molar-refractivity contribution in [3.8, 4) is 5.69 Å². The Morgan fingerprint density at radius 3 is 2.78 bits per heavy atom. The molecule has 1 aliphatic rings. The molecule has 0 atom stereocenters. The number of H-pyrrole nitrogens is 1. The smallest absolute Gasteiger partial charge is 0.227 e. The third-order valence-electron chi connectivity index (χ3n) is 5.14. The predicted octanol–water partition coefficient (Wildman–Crippen LogP) is 2.27. The van der Waals surface area contributed by atoms with E-state index >= 15 is 0 Å². The molecule has 2 aromatic carbocycles. The second-order valence-electron chi connectivity index (χ2n) is 6.79. The van der Waals surface area contributed by atoms with Crippen LogP contribution in [0.5, 0.6) is 0 Å². The summed E-state index contributed by atoms with van der Waals surface area (Å²) in [6.07, 6.45) is 2.81. The third-order valence-corrected chi connectivity index (χ3v) is 5.14. The van der Waals surface area contributed by atoms with Gasteiger partial charge in [0.1, 0.15) is 6.33 Å². The number of aromatic amines is 1. The topological polar surface area (TPSA) is 79.7 Å². The van der Waals surface area contributed by atoms with Gasteiger partial charge in [-0.25, -0.2) is 4.68 Å². The highest BCUT2D eigenvalue weighted by molar-refractivity contribution is 5.86. The fourth-order valence-corrected chi connectivity index (χ4v) is 3.71. The van der Waals surface area contributed by atoms with Gasteiger partial charge in [-0.1, -0.05) is 30.3 Å². The van der Waals surface area contributed by atoms with Gasteiger partial charge in [-0.2, -0.15) is 0 Å². The molecule has 7 nitrogen and oxygen atoms in total. The molecule has 0 aliphatic carbocycles. The average Bonchev–Trinajstić information content (AvgIpc) is 3.36. The lowest BCUT2D eigenvalue weighted by molar-refractivity contribution is -0.131. The summed E-state index contributed by atoms with van der Waals surface area (Å²) in [5.74, 6) is 0.154. The molecule has 1 N–H and O–H groups in total. The van der Waals surface area contributed by atoms with E-state index in [0.29, 0.717) is 13.0 Å². The van der Waals surface area contributed by atoms with Gasteiger partial charge in [-0.3, -0.25) is 4.79 Å². The highest BCUT2D eigenvalue weighted by Crippen LogP contribution is 2.27. The molecule has 7 heteroatoms. The van der Waals surface area contributed by atoms with Crippen molar-refractivity contribution in [3.63, 3.8) is 0 Å². The molecule has 0 fully saturated rings. The Morgan fingerprint density at radius 1 is 1.11 bits per heavy atom. The summed E-state index contributed by atoms with van der Waals surface area (Å²) in [5, 5.41) is 12.4. The van der Waals surface area contributed by atoms with Crippen molar-refractivity contribution in [2.75, 3.05) is 6.54 Å². The molecule has 0 radical (unpaired) electrons. The van der Waals surface area contributed by atoms with E-state index in [1.54, 1.807) is 11.0 Å². The Hall–Kier alpha value is -3.48. The van der Waals surface area contributed by atoms with Crippen LogP contribution in [0.3, 0.4) is 0 Å². The Labute approximate surface area is 155 Å². The summed E-state index contributed by atoms with van der Waals surface area (Å²) in [7, 11) is 0. The number of nitrogens with zero attached hydrogens (tertiary/aromatic N) is 5. The summed E-state index contributed by atoms with van der Waals surface area (Å²) in [4.78, 5) is 18.3. The number of amides is 1. The Balaban J connectivity index is 1.32. The van der Waals surface area contributed by atoms with E-state index in [0.717, 1.165) is 29.7 Å². The van der Waals surface area contributed by atoms with Gasteiger partial charge in [-0.05, 0) is 34.2 Å². The number of fused-ring (bicyclic) bond motifs is 3. The van der Waals surface area contributed by atoms with Crippen LogP contribution in [0.4, 0.5) is 0 Å². The van der Waals surface area contributed by atoms with Gasteiger partial charge in [0.2, 0.25) is 5.91 Å². The molecule has 0 saturated carbocycles. The van der Waals surface area contributed by atoms with E-state index in [2.05, 4.69) is 32.6 Å². The summed E-state index contributed by atoms with van der Waals surface area (Å²) in [6.45, 7) is 1.42. The number of hydrogen-bond acceptors (Lipinski definition) is 4. The molecule has 3 heterocycles. The molecule has 1 aliphatic heterocycles. The number of carbonyl (C=O) groups excluding carboxylic acids is 1. The van der Waals surface area contributed by atoms with Crippen LogP contribution < -0.4 is 0 Å². The van der Waals surface area contributed by atoms with E-state index in [1.807, 2.05) is 41.3 Å². The number of hydrogen-bond donors (Lipinski definition) is 1. The predicted molar refractivity (Wildman–Crippen MR) is 100 cm³/mol. The maximum absolute atomic E-state index is 12.8. The van der Waals surface area contributed by atoms with Gasteiger partial charge in [-0.15, -0.1) is 5.10 Å². The van der Waals surface area contributed by atoms with Crippen LogP contribution in [0, 0.1) is 0 Å². The van der Waals surface area contributed by atoms with Gasteiger partial charge in [0.05, 0.1) is 12.1 Å². The second kappa shape index (κ2) is 6.35. The number of nitrogens with one attached hydrogen (secondary N) is 1. The number of aromatic nitrogens is 5. The van der Waals surface area contributed by atoms with Crippen molar-refractivity contribution < 1.29 is 4.79 Å². The number of benzene rings is 2. The van der Waals surface area contributed by atoms with E-state index in [9.17, 15) is 4.79 Å². The zero-order valence-electron chi connectivity index (χ0n) is 14.7. The van der Waals surface area contributed by atoms with Gasteiger partial charge in [0.15, 0.2) is 0 Å². The second-order valence-corrected chi connectivity index (χ2v) is 6.79. The van der Waals surface area contributed by atoms with Gasteiger partial charge in [0.25, 0.3) is 0 Å². The largest absolute Gasteiger partial charge is 0.358 e. The molecule has 4 aromatic rings. The SMILES string of the molecule is O=C(Cc1ccc(-n2cnnn2)cc1)N1CCc2[nH]c3ccccc3c2C1. The number of carbonyl (C=O) groups is 1. The van der Waals surface area contributed by atoms with E-state index in [4.69, 9.17) is 0 Å². The minimum absolute atomic E-state index is 0.154. The molecular formula is C20H18N6O. The minimum atomic E-state index is 0.154. The van der Waals surface area contributed by atoms with Crippen molar-refractivity contribution >= 4 is 16.8 Å². The lowest BCUT2D eigenvalue weighted by atomic mass is 10.0. The monoisotopic (exact) mass is 358 g/mol. The van der Waals surface area contributed by atoms with Crippen molar-refractivity contribution in [1.82, 2.24) is 30.1 Å². The van der Waals surface area contributed by atoms with Crippen molar-refractivity contribution in [2.24, 2.45) is 0 Å². The summed E-state index contributed by atoms with van der Waals surface area (Å²) < 4.78 is 1.59. The van der Waals surface area contributed by atoms with Crippen LogP contribution in [0.1, 0.15) is 16.8 Å². The van der Waals surface area contributed by atoms with Crippen LogP contribution in [-0.4, -0.2) is 42.5 Å². The zero-order valence-corrected chi connectivity index (χ0v) is 14.7. The quantitative estimate of drug-likeness (QED) is 0.609. The first-order valence-electron chi connectivity index (χ1n) is 8.96. The van der Waals surface area contributed by atoms with Crippen LogP contribution in [0.25, 0.3) is 16.6 Å². The summed E-state index contributed by atoms with van der Waals surface area (Å²) in [6, 6.07) is 16.0. The maximum atomic E-state index is 12.8.